The van der Waals surface area contributed by atoms with Crippen LogP contribution in [0.1, 0.15) is 107 Å². The van der Waals surface area contributed by atoms with E-state index >= 15 is 4.39 Å². The van der Waals surface area contributed by atoms with Gasteiger partial charge in [0, 0.05) is 66.9 Å². The van der Waals surface area contributed by atoms with Gasteiger partial charge in [-0.3, -0.25) is 0 Å². The Balaban J connectivity index is 0.00000578. The molecule has 9 aromatic rings. The molecule has 1 aliphatic heterocycles. The molecule has 0 saturated carbocycles. The minimum atomic E-state index is -0.222. The van der Waals surface area contributed by atoms with Crippen molar-refractivity contribution in [3.05, 3.63) is 198 Å². The Kier molecular flexibility index (Phi) is 12.9. The minimum Gasteiger partial charge on any atom is -0.509 e. The van der Waals surface area contributed by atoms with Gasteiger partial charge in [0.15, 0.2) is 0 Å². The molecule has 0 fully saturated rings. The van der Waals surface area contributed by atoms with Gasteiger partial charge in [-0.05, 0) is 123 Å². The molecule has 0 aliphatic carbocycles. The fraction of sp³-hybridized carbons (Fsp3) is 0.213. The molecule has 0 atom stereocenters. The summed E-state index contributed by atoms with van der Waals surface area (Å²) in [6, 6.07) is 55.0. The van der Waals surface area contributed by atoms with Crippen LogP contribution in [0, 0.1) is 31.5 Å². The second-order valence-electron chi connectivity index (χ2n) is 19.1. The maximum Gasteiger partial charge on any atom is 0.135 e. The van der Waals surface area contributed by atoms with Gasteiger partial charge in [0.1, 0.15) is 11.6 Å². The summed E-state index contributed by atoms with van der Waals surface area (Å²) >= 11 is 0. The number of anilines is 4. The average Bonchev–Trinajstić information content (AvgIpc) is 3.87. The number of para-hydroxylation sites is 3. The molecule has 0 amide bonds. The third-order valence-electron chi connectivity index (χ3n) is 13.2. The molecule has 3 heterocycles. The number of hydrogen-bond donors (Lipinski definition) is 0. The standard InChI is InChI=1S/C61H56FN4O.Pt/c1-37(2)42-28-41(9)60(51(31-42)38(3)4)44-29-45(34-47(30-44)67-46-25-26-50-49-19-11-13-21-55(49)66(58(50)35-46)59-24-16-17-27-63-59)64-36-65(57-23-15-14-22-56(57)64)61-52(39(5)6)32-43(33-53(61)40(7)8)48-18-10-12-20-54(48)62;/h10-33,36-40H,1-9H3;/q-3;. The number of benzene rings is 7. The van der Waals surface area contributed by atoms with Crippen LogP contribution in [0.2, 0.25) is 0 Å². The maximum atomic E-state index is 15.4. The second-order valence-corrected chi connectivity index (χ2v) is 19.1. The number of ether oxygens (including phenoxy) is 1. The van der Waals surface area contributed by atoms with Gasteiger partial charge in [-0.15, -0.1) is 53.6 Å². The molecule has 1 aliphatic rings. The van der Waals surface area contributed by atoms with Crippen molar-refractivity contribution < 1.29 is 30.2 Å². The fourth-order valence-electron chi connectivity index (χ4n) is 9.83. The van der Waals surface area contributed by atoms with Crippen molar-refractivity contribution in [1.29, 1.82) is 0 Å². The molecule has 0 N–H and O–H groups in total. The van der Waals surface area contributed by atoms with Crippen LogP contribution in [0.3, 0.4) is 0 Å². The first-order valence-electron chi connectivity index (χ1n) is 23.6. The van der Waals surface area contributed by atoms with Gasteiger partial charge in [0.05, 0.1) is 0 Å². The summed E-state index contributed by atoms with van der Waals surface area (Å²) in [7, 11) is 0. The molecule has 0 bridgehead atoms. The number of aryl methyl sites for hydroxylation is 1. The summed E-state index contributed by atoms with van der Waals surface area (Å²) in [5.74, 6) is 2.73. The summed E-state index contributed by atoms with van der Waals surface area (Å²) in [4.78, 5) is 9.31. The zero-order valence-corrected chi connectivity index (χ0v) is 42.4. The Bertz CT molecular complexity index is 3290. The van der Waals surface area contributed by atoms with Gasteiger partial charge in [-0.2, -0.15) is 6.07 Å². The SMILES string of the molecule is Cc1cc(C(C)C)cc(C(C)C)c1-c1cc(Oc2[c-]c3c(cc2)c2ccccc2n3-c2ccccn2)[c-]c(N2[CH-]N(c3c(C(C)C)cc(-c4ccccc4F)cc3C(C)C)c3ccccc32)c1.[Pt]. The van der Waals surface area contributed by atoms with Gasteiger partial charge in [0.2, 0.25) is 0 Å². The van der Waals surface area contributed by atoms with Crippen molar-refractivity contribution >= 4 is 44.6 Å². The molecule has 0 unspecified atom stereocenters. The normalized spacial score (nSPS) is 12.6. The fourth-order valence-corrected chi connectivity index (χ4v) is 9.83. The second kappa shape index (κ2) is 18.9. The van der Waals surface area contributed by atoms with E-state index in [1.807, 2.05) is 42.6 Å². The van der Waals surface area contributed by atoms with Crippen LogP contribution in [0.5, 0.6) is 11.5 Å². The van der Waals surface area contributed by atoms with Crippen molar-refractivity contribution in [2.75, 3.05) is 9.80 Å². The molecule has 7 aromatic carbocycles. The predicted molar refractivity (Wildman–Crippen MR) is 276 cm³/mol. The Morgan fingerprint density at radius 1 is 0.588 bits per heavy atom. The molecule has 68 heavy (non-hydrogen) atoms. The Labute approximate surface area is 415 Å². The third kappa shape index (κ3) is 8.42. The molecular formula is C61H56FN4OPt-3. The monoisotopic (exact) mass is 1070 g/mol. The van der Waals surface area contributed by atoms with Crippen LogP contribution in [0.15, 0.2) is 146 Å². The van der Waals surface area contributed by atoms with Crippen LogP contribution in [0.25, 0.3) is 49.9 Å². The van der Waals surface area contributed by atoms with Crippen LogP contribution >= 0.6 is 0 Å². The predicted octanol–water partition coefficient (Wildman–Crippen LogP) is 17.3. The summed E-state index contributed by atoms with van der Waals surface area (Å²) in [6.07, 6.45) is 1.82. The van der Waals surface area contributed by atoms with Gasteiger partial charge >= 0.3 is 0 Å². The van der Waals surface area contributed by atoms with Crippen LogP contribution < -0.4 is 14.5 Å². The Hall–Kier alpha value is -6.49. The molecule has 5 nitrogen and oxygen atoms in total. The van der Waals surface area contributed by atoms with Gasteiger partial charge in [-0.1, -0.05) is 128 Å². The topological polar surface area (TPSA) is 33.5 Å². The first-order chi connectivity index (χ1) is 32.4. The first-order valence-corrected chi connectivity index (χ1v) is 23.6. The van der Waals surface area contributed by atoms with Gasteiger partial charge in [0.25, 0.3) is 0 Å². The van der Waals surface area contributed by atoms with Crippen molar-refractivity contribution in [2.45, 2.75) is 86.0 Å². The first kappa shape index (κ1) is 46.6. The number of rotatable bonds is 11. The number of halogens is 1. The van der Waals surface area contributed by atoms with E-state index < -0.39 is 0 Å². The molecule has 10 rings (SSSR count). The Morgan fingerprint density at radius 2 is 1.25 bits per heavy atom. The summed E-state index contributed by atoms with van der Waals surface area (Å²) in [5, 5.41) is 2.19. The van der Waals surface area contributed by atoms with E-state index in [1.165, 1.54) is 22.3 Å². The Morgan fingerprint density at radius 3 is 1.93 bits per heavy atom. The number of hydrogen-bond acceptors (Lipinski definition) is 4. The van der Waals surface area contributed by atoms with E-state index in [4.69, 9.17) is 9.72 Å². The van der Waals surface area contributed by atoms with Crippen molar-refractivity contribution in [1.82, 2.24) is 9.55 Å². The summed E-state index contributed by atoms with van der Waals surface area (Å²) in [5.41, 5.74) is 15.8. The number of nitrogens with zero attached hydrogens (tertiary/aromatic N) is 4. The molecule has 7 heteroatoms. The van der Waals surface area contributed by atoms with Crippen LogP contribution in [0.4, 0.5) is 27.1 Å². The van der Waals surface area contributed by atoms with Crippen molar-refractivity contribution in [3.63, 3.8) is 0 Å². The van der Waals surface area contributed by atoms with E-state index in [2.05, 4.69) is 186 Å². The number of fused-ring (bicyclic) bond motifs is 4. The van der Waals surface area contributed by atoms with E-state index in [9.17, 15) is 0 Å². The van der Waals surface area contributed by atoms with Crippen molar-refractivity contribution in [2.24, 2.45) is 0 Å². The molecule has 0 spiro atoms. The minimum absolute atomic E-state index is 0. The zero-order chi connectivity index (χ0) is 46.7. The van der Waals surface area contributed by atoms with E-state index in [1.54, 1.807) is 12.1 Å². The zero-order valence-electron chi connectivity index (χ0n) is 40.1. The number of aromatic nitrogens is 2. The van der Waals surface area contributed by atoms with E-state index in [0.717, 1.165) is 72.6 Å². The molecule has 0 radical (unpaired) electrons. The molecule has 2 aromatic heterocycles. The summed E-state index contributed by atoms with van der Waals surface area (Å²) in [6.45, 7) is 22.4. The third-order valence-corrected chi connectivity index (χ3v) is 13.2. The van der Waals surface area contributed by atoms with Crippen molar-refractivity contribution in [3.8, 4) is 39.6 Å². The largest absolute Gasteiger partial charge is 0.509 e. The van der Waals surface area contributed by atoms with Crippen LogP contribution in [-0.2, 0) is 21.1 Å². The van der Waals surface area contributed by atoms with E-state index in [-0.39, 0.29) is 44.6 Å². The molecular weight excluding hydrogens is 1020 g/mol. The smallest absolute Gasteiger partial charge is 0.135 e. The molecule has 0 saturated heterocycles. The maximum absolute atomic E-state index is 15.4. The van der Waals surface area contributed by atoms with Gasteiger partial charge in [-0.25, -0.2) is 9.37 Å². The summed E-state index contributed by atoms with van der Waals surface area (Å²) < 4.78 is 24.5. The quantitative estimate of drug-likeness (QED) is 0.121. The van der Waals surface area contributed by atoms with Gasteiger partial charge < -0.3 is 19.1 Å². The average molecular weight is 1080 g/mol. The molecule has 346 valence electrons. The van der Waals surface area contributed by atoms with Crippen LogP contribution in [-0.4, -0.2) is 9.55 Å². The number of pyridine rings is 1. The van der Waals surface area contributed by atoms with E-state index in [0.29, 0.717) is 23.0 Å².